The Morgan fingerprint density at radius 3 is 2.19 bits per heavy atom. The molecule has 0 aliphatic rings. The minimum Gasteiger partial charge on any atom is -0.497 e. The number of benzene rings is 1. The second kappa shape index (κ2) is 8.89. The maximum absolute atomic E-state index is 12.3. The highest BCUT2D eigenvalue weighted by Gasteiger charge is 2.24. The zero-order valence-corrected chi connectivity index (χ0v) is 15.4. The van der Waals surface area contributed by atoms with Crippen molar-refractivity contribution in [3.8, 4) is 5.75 Å². The summed E-state index contributed by atoms with van der Waals surface area (Å²) in [6.45, 7) is 5.66. The van der Waals surface area contributed by atoms with E-state index in [1.807, 2.05) is 30.3 Å². The van der Waals surface area contributed by atoms with Crippen molar-refractivity contribution in [3.05, 3.63) is 52.3 Å². The van der Waals surface area contributed by atoms with Gasteiger partial charge in [0.15, 0.2) is 0 Å². The van der Waals surface area contributed by atoms with Gasteiger partial charge in [-0.1, -0.05) is 18.2 Å². The van der Waals surface area contributed by atoms with Gasteiger partial charge in [-0.15, -0.1) is 0 Å². The molecule has 1 aromatic carbocycles. The SMILES string of the molecule is CCOC(=O)c1[nH]c(/C=C/c2ccc(OC)cc2)c(C(=O)OCC)c1C. The molecule has 0 amide bonds. The number of H-pyrrole nitrogens is 1. The molecule has 0 saturated heterocycles. The molecule has 0 fully saturated rings. The Hall–Kier alpha value is -3.02. The van der Waals surface area contributed by atoms with Crippen LogP contribution in [0.25, 0.3) is 12.2 Å². The number of carbonyl (C=O) groups excluding carboxylic acids is 2. The van der Waals surface area contributed by atoms with Crippen LogP contribution in [0.15, 0.2) is 24.3 Å². The Balaban J connectivity index is 2.40. The standard InChI is InChI=1S/C20H23NO5/c1-5-25-19(22)17-13(3)18(20(23)26-6-2)21-16(17)12-9-14-7-10-15(24-4)11-8-14/h7-12,21H,5-6H2,1-4H3/b12-9+. The average Bonchev–Trinajstić information content (AvgIpc) is 2.97. The molecule has 0 aliphatic carbocycles. The summed E-state index contributed by atoms with van der Waals surface area (Å²) in [6, 6.07) is 7.47. The number of hydrogen-bond donors (Lipinski definition) is 1. The number of aromatic nitrogens is 1. The van der Waals surface area contributed by atoms with Crippen molar-refractivity contribution in [2.45, 2.75) is 20.8 Å². The largest absolute Gasteiger partial charge is 0.497 e. The predicted molar refractivity (Wildman–Crippen MR) is 99.4 cm³/mol. The minimum atomic E-state index is -0.500. The highest BCUT2D eigenvalue weighted by Crippen LogP contribution is 2.23. The maximum atomic E-state index is 12.3. The van der Waals surface area contributed by atoms with Crippen LogP contribution in [0.4, 0.5) is 0 Å². The molecule has 6 nitrogen and oxygen atoms in total. The van der Waals surface area contributed by atoms with Gasteiger partial charge in [-0.2, -0.15) is 0 Å². The first-order valence-electron chi connectivity index (χ1n) is 8.40. The lowest BCUT2D eigenvalue weighted by molar-refractivity contribution is 0.0518. The highest BCUT2D eigenvalue weighted by molar-refractivity contribution is 6.01. The van der Waals surface area contributed by atoms with Crippen molar-refractivity contribution >= 4 is 24.1 Å². The van der Waals surface area contributed by atoms with Crippen LogP contribution in [0, 0.1) is 6.92 Å². The van der Waals surface area contributed by atoms with Gasteiger partial charge >= 0.3 is 11.9 Å². The summed E-state index contributed by atoms with van der Waals surface area (Å²) in [5, 5.41) is 0. The molecule has 2 aromatic rings. The van der Waals surface area contributed by atoms with Crippen LogP contribution in [-0.2, 0) is 9.47 Å². The number of rotatable bonds is 7. The van der Waals surface area contributed by atoms with Crippen LogP contribution in [-0.4, -0.2) is 37.2 Å². The molecule has 0 unspecified atom stereocenters. The van der Waals surface area contributed by atoms with Crippen LogP contribution in [0.5, 0.6) is 5.75 Å². The van der Waals surface area contributed by atoms with Gasteiger partial charge in [-0.3, -0.25) is 0 Å². The topological polar surface area (TPSA) is 77.6 Å². The van der Waals surface area contributed by atoms with E-state index in [1.54, 1.807) is 34.0 Å². The molecule has 26 heavy (non-hydrogen) atoms. The fraction of sp³-hybridized carbons (Fsp3) is 0.300. The molecular formula is C20H23NO5. The molecule has 1 heterocycles. The third-order valence-electron chi connectivity index (χ3n) is 3.80. The van der Waals surface area contributed by atoms with E-state index < -0.39 is 11.9 Å². The van der Waals surface area contributed by atoms with Crippen molar-refractivity contribution in [2.24, 2.45) is 0 Å². The second-order valence-electron chi connectivity index (χ2n) is 5.46. The Labute approximate surface area is 152 Å². The van der Waals surface area contributed by atoms with Crippen molar-refractivity contribution < 1.29 is 23.8 Å². The zero-order chi connectivity index (χ0) is 19.1. The first-order chi connectivity index (χ1) is 12.5. The molecule has 6 heteroatoms. The van der Waals surface area contributed by atoms with E-state index in [1.165, 1.54) is 0 Å². The number of methoxy groups -OCH3 is 1. The first kappa shape index (κ1) is 19.3. The average molecular weight is 357 g/mol. The van der Waals surface area contributed by atoms with Gasteiger partial charge in [0.05, 0.1) is 31.6 Å². The summed E-state index contributed by atoms with van der Waals surface area (Å²) < 4.78 is 15.3. The van der Waals surface area contributed by atoms with E-state index in [4.69, 9.17) is 14.2 Å². The molecule has 138 valence electrons. The van der Waals surface area contributed by atoms with Gasteiger partial charge in [0, 0.05) is 0 Å². The summed E-state index contributed by atoms with van der Waals surface area (Å²) in [4.78, 5) is 27.4. The third kappa shape index (κ3) is 4.33. The van der Waals surface area contributed by atoms with Crippen LogP contribution < -0.4 is 4.74 Å². The zero-order valence-electron chi connectivity index (χ0n) is 15.4. The van der Waals surface area contributed by atoms with E-state index in [2.05, 4.69) is 4.98 Å². The molecule has 0 saturated carbocycles. The molecule has 0 atom stereocenters. The Kier molecular flexibility index (Phi) is 6.60. The van der Waals surface area contributed by atoms with E-state index in [0.717, 1.165) is 11.3 Å². The second-order valence-corrected chi connectivity index (χ2v) is 5.46. The molecular weight excluding hydrogens is 334 g/mol. The number of aromatic amines is 1. The Bertz CT molecular complexity index is 802. The van der Waals surface area contributed by atoms with Gasteiger partial charge in [-0.25, -0.2) is 9.59 Å². The normalized spacial score (nSPS) is 10.8. The number of ether oxygens (including phenoxy) is 3. The van der Waals surface area contributed by atoms with Crippen LogP contribution in [0.3, 0.4) is 0 Å². The molecule has 0 aliphatic heterocycles. The van der Waals surface area contributed by atoms with E-state index in [0.29, 0.717) is 16.8 Å². The summed E-state index contributed by atoms with van der Waals surface area (Å²) in [6.07, 6.45) is 3.58. The lowest BCUT2D eigenvalue weighted by Gasteiger charge is -2.03. The molecule has 0 spiro atoms. The molecule has 0 bridgehead atoms. The van der Waals surface area contributed by atoms with Gasteiger partial charge in [0.1, 0.15) is 11.4 Å². The minimum absolute atomic E-state index is 0.250. The first-order valence-corrected chi connectivity index (χ1v) is 8.40. The van der Waals surface area contributed by atoms with E-state index in [-0.39, 0.29) is 18.9 Å². The third-order valence-corrected chi connectivity index (χ3v) is 3.80. The smallest absolute Gasteiger partial charge is 0.355 e. The van der Waals surface area contributed by atoms with Crippen LogP contribution in [0.1, 0.15) is 51.5 Å². The highest BCUT2D eigenvalue weighted by atomic mass is 16.5. The molecule has 1 aromatic heterocycles. The number of nitrogens with one attached hydrogen (secondary N) is 1. The van der Waals surface area contributed by atoms with Gasteiger partial charge in [0.25, 0.3) is 0 Å². The Morgan fingerprint density at radius 1 is 1.00 bits per heavy atom. The van der Waals surface area contributed by atoms with Crippen LogP contribution >= 0.6 is 0 Å². The van der Waals surface area contributed by atoms with Gasteiger partial charge in [0.2, 0.25) is 0 Å². The van der Waals surface area contributed by atoms with Crippen molar-refractivity contribution in [1.82, 2.24) is 4.98 Å². The number of carbonyl (C=O) groups is 2. The predicted octanol–water partition coefficient (Wildman–Crippen LogP) is 3.86. The Morgan fingerprint density at radius 2 is 1.62 bits per heavy atom. The fourth-order valence-corrected chi connectivity index (χ4v) is 2.51. The lowest BCUT2D eigenvalue weighted by Crippen LogP contribution is -2.09. The number of hydrogen-bond acceptors (Lipinski definition) is 5. The van der Waals surface area contributed by atoms with Crippen LogP contribution in [0.2, 0.25) is 0 Å². The molecule has 2 rings (SSSR count). The van der Waals surface area contributed by atoms with Crippen molar-refractivity contribution in [2.75, 3.05) is 20.3 Å². The fourth-order valence-electron chi connectivity index (χ4n) is 2.51. The summed E-state index contributed by atoms with van der Waals surface area (Å²) in [7, 11) is 1.61. The maximum Gasteiger partial charge on any atom is 0.355 e. The molecule has 0 radical (unpaired) electrons. The summed E-state index contributed by atoms with van der Waals surface area (Å²) in [5.41, 5.74) is 2.52. The summed E-state index contributed by atoms with van der Waals surface area (Å²) >= 11 is 0. The van der Waals surface area contributed by atoms with E-state index in [9.17, 15) is 9.59 Å². The monoisotopic (exact) mass is 357 g/mol. The number of esters is 2. The van der Waals surface area contributed by atoms with E-state index >= 15 is 0 Å². The lowest BCUT2D eigenvalue weighted by atomic mass is 10.1. The van der Waals surface area contributed by atoms with Crippen molar-refractivity contribution in [3.63, 3.8) is 0 Å². The summed E-state index contributed by atoms with van der Waals surface area (Å²) in [5.74, 6) is -0.222. The van der Waals surface area contributed by atoms with Gasteiger partial charge < -0.3 is 19.2 Å². The van der Waals surface area contributed by atoms with Crippen molar-refractivity contribution in [1.29, 1.82) is 0 Å². The quantitative estimate of drug-likeness (QED) is 0.762. The van der Waals surface area contributed by atoms with Gasteiger partial charge in [-0.05, 0) is 50.1 Å². The molecule has 1 N–H and O–H groups in total.